The average molecular weight is 262 g/mol. The molecule has 1 aliphatic heterocycles. The molecular formula is C14H34N2O2. The lowest BCUT2D eigenvalue weighted by Crippen LogP contribution is -2.38. The van der Waals surface area contributed by atoms with Crippen LogP contribution >= 0.6 is 0 Å². The Bertz CT molecular complexity index is 196. The van der Waals surface area contributed by atoms with Crippen molar-refractivity contribution < 1.29 is 11.0 Å². The van der Waals surface area contributed by atoms with Crippen LogP contribution in [0, 0.1) is 5.41 Å². The Morgan fingerprint density at radius 2 is 1.78 bits per heavy atom. The summed E-state index contributed by atoms with van der Waals surface area (Å²) in [7, 11) is 0. The normalized spacial score (nSPS) is 16.7. The standard InChI is InChI=1S/C9H18N2O2.C3H8.C2H6.H2/c1-9(2-4-11-5-3-9)7-13-6-8(10)12;1-3-2;1-2;/h11H,2-7H2,1H3,(H2,10,12);3H2,1-2H3;1-2H3;1H. The molecule has 1 aliphatic rings. The van der Waals surface area contributed by atoms with Gasteiger partial charge < -0.3 is 15.8 Å². The van der Waals surface area contributed by atoms with E-state index in [0.717, 1.165) is 25.9 Å². The molecule has 1 saturated heterocycles. The minimum absolute atomic E-state index is 0. The van der Waals surface area contributed by atoms with Gasteiger partial charge in [-0.15, -0.1) is 0 Å². The van der Waals surface area contributed by atoms with Gasteiger partial charge in [0.15, 0.2) is 0 Å². The van der Waals surface area contributed by atoms with Gasteiger partial charge in [0.25, 0.3) is 0 Å². The Balaban J connectivity index is -0.000000376. The lowest BCUT2D eigenvalue weighted by atomic mass is 9.82. The van der Waals surface area contributed by atoms with E-state index < -0.39 is 5.91 Å². The molecule has 1 fully saturated rings. The van der Waals surface area contributed by atoms with E-state index in [1.54, 1.807) is 0 Å². The first-order valence-corrected chi connectivity index (χ1v) is 7.11. The summed E-state index contributed by atoms with van der Waals surface area (Å²) in [5.74, 6) is -0.391. The van der Waals surface area contributed by atoms with Crippen molar-refractivity contribution in [2.75, 3.05) is 26.3 Å². The van der Waals surface area contributed by atoms with Crippen LogP contribution in [-0.4, -0.2) is 32.2 Å². The van der Waals surface area contributed by atoms with Gasteiger partial charge in [-0.25, -0.2) is 0 Å². The summed E-state index contributed by atoms with van der Waals surface area (Å²) in [4.78, 5) is 10.4. The Hall–Kier alpha value is -0.610. The molecule has 112 valence electrons. The lowest BCUT2D eigenvalue weighted by molar-refractivity contribution is -0.123. The van der Waals surface area contributed by atoms with Crippen molar-refractivity contribution in [1.82, 2.24) is 5.32 Å². The molecule has 3 N–H and O–H groups in total. The number of nitrogens with one attached hydrogen (secondary N) is 1. The molecule has 4 heteroatoms. The van der Waals surface area contributed by atoms with Crippen LogP contribution in [0.1, 0.15) is 55.3 Å². The van der Waals surface area contributed by atoms with Crippen LogP contribution in [-0.2, 0) is 9.53 Å². The summed E-state index contributed by atoms with van der Waals surface area (Å²) in [6.07, 6.45) is 3.46. The fourth-order valence-corrected chi connectivity index (χ4v) is 1.57. The SMILES string of the molecule is CC.CC1(COCC(N)=O)CCNCC1.CCC.[HH]. The molecular weight excluding hydrogens is 228 g/mol. The molecule has 0 bridgehead atoms. The van der Waals surface area contributed by atoms with Crippen LogP contribution in [0.3, 0.4) is 0 Å². The van der Waals surface area contributed by atoms with Crippen LogP contribution in [0.5, 0.6) is 0 Å². The molecule has 0 unspecified atom stereocenters. The molecule has 0 radical (unpaired) electrons. The summed E-state index contributed by atoms with van der Waals surface area (Å²) in [6.45, 7) is 13.2. The van der Waals surface area contributed by atoms with Gasteiger partial charge in [0, 0.05) is 1.43 Å². The number of carbonyl (C=O) groups excluding carboxylic acids is 1. The third kappa shape index (κ3) is 11.9. The number of carbonyl (C=O) groups is 1. The van der Waals surface area contributed by atoms with E-state index in [1.807, 2.05) is 13.8 Å². The summed E-state index contributed by atoms with van der Waals surface area (Å²) in [6, 6.07) is 0. The monoisotopic (exact) mass is 262 g/mol. The molecule has 0 aromatic carbocycles. The highest BCUT2D eigenvalue weighted by Gasteiger charge is 2.26. The number of hydrogen-bond donors (Lipinski definition) is 2. The molecule has 0 atom stereocenters. The molecule has 4 nitrogen and oxygen atoms in total. The summed E-state index contributed by atoms with van der Waals surface area (Å²) in [5, 5.41) is 3.29. The van der Waals surface area contributed by atoms with E-state index in [2.05, 4.69) is 26.1 Å². The smallest absolute Gasteiger partial charge is 0.243 e. The molecule has 0 saturated carbocycles. The lowest BCUT2D eigenvalue weighted by Gasteiger charge is -2.33. The highest BCUT2D eigenvalue weighted by atomic mass is 16.5. The molecule has 1 heterocycles. The number of rotatable bonds is 4. The van der Waals surface area contributed by atoms with E-state index in [9.17, 15) is 4.79 Å². The Morgan fingerprint density at radius 3 is 2.17 bits per heavy atom. The fraction of sp³-hybridized carbons (Fsp3) is 0.929. The maximum atomic E-state index is 10.4. The van der Waals surface area contributed by atoms with E-state index in [1.165, 1.54) is 6.42 Å². The minimum atomic E-state index is -0.391. The first kappa shape index (κ1) is 19.7. The molecule has 1 amide bonds. The summed E-state index contributed by atoms with van der Waals surface area (Å²) in [5.41, 5.74) is 5.20. The van der Waals surface area contributed by atoms with Crippen molar-refractivity contribution in [3.05, 3.63) is 0 Å². The third-order valence-corrected chi connectivity index (χ3v) is 2.51. The van der Waals surface area contributed by atoms with Gasteiger partial charge in [0.2, 0.25) is 5.91 Å². The van der Waals surface area contributed by atoms with Crippen molar-refractivity contribution in [1.29, 1.82) is 0 Å². The Morgan fingerprint density at radius 1 is 1.33 bits per heavy atom. The fourth-order valence-electron chi connectivity index (χ4n) is 1.57. The van der Waals surface area contributed by atoms with E-state index in [0.29, 0.717) is 6.61 Å². The minimum Gasteiger partial charge on any atom is -0.371 e. The third-order valence-electron chi connectivity index (χ3n) is 2.51. The Kier molecular flexibility index (Phi) is 14.1. The van der Waals surface area contributed by atoms with E-state index in [-0.39, 0.29) is 13.4 Å². The number of amides is 1. The van der Waals surface area contributed by atoms with Crippen LogP contribution in [0.25, 0.3) is 0 Å². The molecule has 0 spiro atoms. The van der Waals surface area contributed by atoms with Crippen molar-refractivity contribution in [3.8, 4) is 0 Å². The summed E-state index contributed by atoms with van der Waals surface area (Å²) >= 11 is 0. The highest BCUT2D eigenvalue weighted by molar-refractivity contribution is 5.74. The average Bonchev–Trinajstić information content (AvgIpc) is 2.33. The number of hydrogen-bond acceptors (Lipinski definition) is 3. The summed E-state index contributed by atoms with van der Waals surface area (Å²) < 4.78 is 5.24. The molecule has 0 aliphatic carbocycles. The quantitative estimate of drug-likeness (QED) is 0.818. The van der Waals surface area contributed by atoms with E-state index >= 15 is 0 Å². The molecule has 18 heavy (non-hydrogen) atoms. The maximum Gasteiger partial charge on any atom is 0.243 e. The predicted molar refractivity (Wildman–Crippen MR) is 79.7 cm³/mol. The van der Waals surface area contributed by atoms with Crippen LogP contribution < -0.4 is 11.1 Å². The first-order chi connectivity index (χ1) is 8.54. The zero-order valence-electron chi connectivity index (χ0n) is 12.8. The first-order valence-electron chi connectivity index (χ1n) is 7.11. The highest BCUT2D eigenvalue weighted by Crippen LogP contribution is 2.27. The van der Waals surface area contributed by atoms with Crippen LogP contribution in [0.15, 0.2) is 0 Å². The van der Waals surface area contributed by atoms with Crippen molar-refractivity contribution >= 4 is 5.91 Å². The van der Waals surface area contributed by atoms with Gasteiger partial charge in [-0.05, 0) is 31.3 Å². The van der Waals surface area contributed by atoms with Crippen LogP contribution in [0.4, 0.5) is 0 Å². The van der Waals surface area contributed by atoms with Crippen molar-refractivity contribution in [3.63, 3.8) is 0 Å². The number of piperidine rings is 1. The number of primary amides is 1. The second-order valence-corrected chi connectivity index (χ2v) is 4.73. The second-order valence-electron chi connectivity index (χ2n) is 4.73. The number of ether oxygens (including phenoxy) is 1. The molecule has 1 rings (SSSR count). The van der Waals surface area contributed by atoms with Crippen LogP contribution in [0.2, 0.25) is 0 Å². The van der Waals surface area contributed by atoms with Crippen molar-refractivity contribution in [2.45, 2.75) is 53.9 Å². The maximum absolute atomic E-state index is 10.4. The van der Waals surface area contributed by atoms with Gasteiger partial charge in [-0.2, -0.15) is 0 Å². The number of nitrogens with two attached hydrogens (primary N) is 1. The van der Waals surface area contributed by atoms with Gasteiger partial charge in [-0.1, -0.05) is 41.0 Å². The molecule has 0 aromatic heterocycles. The van der Waals surface area contributed by atoms with Gasteiger partial charge in [0.1, 0.15) is 6.61 Å². The zero-order chi connectivity index (χ0) is 14.4. The topological polar surface area (TPSA) is 64.3 Å². The van der Waals surface area contributed by atoms with Gasteiger partial charge in [0.05, 0.1) is 6.61 Å². The largest absolute Gasteiger partial charge is 0.371 e. The zero-order valence-corrected chi connectivity index (χ0v) is 12.8. The molecule has 0 aromatic rings. The predicted octanol–water partition coefficient (Wildman–Crippen LogP) is 2.57. The van der Waals surface area contributed by atoms with Gasteiger partial charge in [-0.3, -0.25) is 4.79 Å². The van der Waals surface area contributed by atoms with Crippen molar-refractivity contribution in [2.24, 2.45) is 11.1 Å². The van der Waals surface area contributed by atoms with Gasteiger partial charge >= 0.3 is 0 Å². The Labute approximate surface area is 114 Å². The second kappa shape index (κ2) is 12.8. The van der Waals surface area contributed by atoms with E-state index in [4.69, 9.17) is 10.5 Å².